The van der Waals surface area contributed by atoms with Crippen LogP contribution in [0.1, 0.15) is 84.6 Å². The lowest BCUT2D eigenvalue weighted by Crippen LogP contribution is -2.19. The van der Waals surface area contributed by atoms with Crippen LogP contribution in [0, 0.1) is 19.8 Å². The molecule has 2 N–H and O–H groups in total. The molecule has 2 unspecified atom stereocenters. The van der Waals surface area contributed by atoms with E-state index < -0.39 is 5.97 Å². The maximum absolute atomic E-state index is 13.2. The number of anilines is 1. The summed E-state index contributed by atoms with van der Waals surface area (Å²) in [6.45, 7) is 8.91. The van der Waals surface area contributed by atoms with Crippen molar-refractivity contribution in [1.82, 2.24) is 9.55 Å². The lowest BCUT2D eigenvalue weighted by atomic mass is 9.85. The number of rotatable bonds is 10. The van der Waals surface area contributed by atoms with E-state index in [0.29, 0.717) is 12.1 Å². The van der Waals surface area contributed by atoms with Crippen LogP contribution in [0.15, 0.2) is 42.6 Å². The van der Waals surface area contributed by atoms with Gasteiger partial charge >= 0.3 is 5.97 Å². The molecule has 1 amide bonds. The Kier molecular flexibility index (Phi) is 7.92. The summed E-state index contributed by atoms with van der Waals surface area (Å²) in [5.41, 5.74) is 6.61. The average Bonchev–Trinajstić information content (AvgIpc) is 3.46. The monoisotopic (exact) mass is 487 g/mol. The predicted molar refractivity (Wildman–Crippen MR) is 144 cm³/mol. The largest absolute Gasteiger partial charge is 0.481 e. The van der Waals surface area contributed by atoms with Gasteiger partial charge in [0.25, 0.3) is 5.91 Å². The predicted octanol–water partition coefficient (Wildman–Crippen LogP) is 6.75. The van der Waals surface area contributed by atoms with Crippen LogP contribution in [0.5, 0.6) is 0 Å². The summed E-state index contributed by atoms with van der Waals surface area (Å²) in [6, 6.07) is 12.3. The van der Waals surface area contributed by atoms with Gasteiger partial charge in [0, 0.05) is 24.0 Å². The Bertz CT molecular complexity index is 1260. The highest BCUT2D eigenvalue weighted by Gasteiger charge is 2.33. The average molecular weight is 488 g/mol. The minimum Gasteiger partial charge on any atom is -0.481 e. The summed E-state index contributed by atoms with van der Waals surface area (Å²) in [5.74, 6) is -0.444. The van der Waals surface area contributed by atoms with E-state index in [0.717, 1.165) is 72.4 Å². The van der Waals surface area contributed by atoms with Gasteiger partial charge in [0.05, 0.1) is 5.92 Å². The molecule has 0 spiro atoms. The van der Waals surface area contributed by atoms with Crippen molar-refractivity contribution in [2.24, 2.45) is 5.92 Å². The third-order valence-corrected chi connectivity index (χ3v) is 7.42. The summed E-state index contributed by atoms with van der Waals surface area (Å²) < 4.78 is 2.09. The maximum atomic E-state index is 13.2. The first-order valence-corrected chi connectivity index (χ1v) is 13.1. The summed E-state index contributed by atoms with van der Waals surface area (Å²) in [5, 5.41) is 12.7. The molecule has 6 nitrogen and oxygen atoms in total. The van der Waals surface area contributed by atoms with Crippen LogP contribution < -0.4 is 5.32 Å². The van der Waals surface area contributed by atoms with E-state index in [4.69, 9.17) is 4.98 Å². The molecule has 3 aromatic rings. The molecule has 36 heavy (non-hydrogen) atoms. The minimum absolute atomic E-state index is 0.0553. The first-order valence-electron chi connectivity index (χ1n) is 13.1. The van der Waals surface area contributed by atoms with Gasteiger partial charge in [0.15, 0.2) is 0 Å². The number of hydrogen-bond donors (Lipinski definition) is 2. The lowest BCUT2D eigenvalue weighted by molar-refractivity contribution is -0.142. The maximum Gasteiger partial charge on any atom is 0.307 e. The Morgan fingerprint density at radius 3 is 2.67 bits per heavy atom. The Balaban J connectivity index is 1.65. The molecular weight excluding hydrogens is 450 g/mol. The minimum atomic E-state index is -0.717. The number of hydrogen-bond acceptors (Lipinski definition) is 3. The number of nitrogens with zero attached hydrogens (tertiary/aromatic N) is 2. The lowest BCUT2D eigenvalue weighted by Gasteiger charge is -2.19. The van der Waals surface area contributed by atoms with Crippen molar-refractivity contribution >= 4 is 17.6 Å². The molecule has 0 fully saturated rings. The number of carboxylic acid groups (broad SMARTS) is 1. The van der Waals surface area contributed by atoms with Gasteiger partial charge in [-0.2, -0.15) is 0 Å². The Morgan fingerprint density at radius 2 is 1.94 bits per heavy atom. The number of unbranched alkanes of at least 4 members (excludes halogenated alkanes) is 2. The van der Waals surface area contributed by atoms with E-state index in [1.54, 1.807) is 0 Å². The normalized spacial score (nSPS) is 15.5. The Labute approximate surface area is 213 Å². The molecule has 1 heterocycles. The van der Waals surface area contributed by atoms with Crippen molar-refractivity contribution in [1.29, 1.82) is 0 Å². The second-order valence-corrected chi connectivity index (χ2v) is 10.0. The van der Waals surface area contributed by atoms with Crippen LogP contribution in [-0.2, 0) is 17.8 Å². The quantitative estimate of drug-likeness (QED) is 0.310. The zero-order valence-corrected chi connectivity index (χ0v) is 21.8. The first-order chi connectivity index (χ1) is 17.3. The SMILES string of the molecule is CCCCCn1cc(C(=O)Nc2cc(C)ccc2C)nc1-c1ccc2c(c1)CCC2C(CC)C(=O)O. The van der Waals surface area contributed by atoms with E-state index in [1.165, 1.54) is 5.56 Å². The number of benzene rings is 2. The molecule has 1 aliphatic rings. The van der Waals surface area contributed by atoms with Crippen LogP contribution in [0.25, 0.3) is 11.4 Å². The molecular formula is C30H37N3O3. The standard InChI is InChI=1S/C30H37N3O3/c1-5-7-8-15-33-18-27(29(34)32-26-16-19(3)9-10-20(26)4)31-28(33)22-12-13-24-21(17-22)11-14-25(24)23(6-2)30(35)36/h9-10,12-13,16-18,23,25H,5-8,11,14-15H2,1-4H3,(H,32,34)(H,35,36). The number of aromatic nitrogens is 2. The van der Waals surface area contributed by atoms with Crippen molar-refractivity contribution < 1.29 is 14.7 Å². The van der Waals surface area contributed by atoms with Crippen molar-refractivity contribution in [2.45, 2.75) is 78.7 Å². The molecule has 1 aliphatic carbocycles. The molecule has 1 aromatic heterocycles. The van der Waals surface area contributed by atoms with E-state index in [-0.39, 0.29) is 17.7 Å². The highest BCUT2D eigenvalue weighted by molar-refractivity contribution is 6.03. The van der Waals surface area contributed by atoms with Gasteiger partial charge in [-0.3, -0.25) is 9.59 Å². The van der Waals surface area contributed by atoms with Gasteiger partial charge in [-0.05, 0) is 79.8 Å². The molecule has 0 radical (unpaired) electrons. The number of aryl methyl sites for hydroxylation is 4. The molecule has 0 saturated heterocycles. The van der Waals surface area contributed by atoms with E-state index in [2.05, 4.69) is 28.9 Å². The number of aliphatic carboxylic acids is 1. The van der Waals surface area contributed by atoms with E-state index in [1.807, 2.05) is 51.2 Å². The fourth-order valence-corrected chi connectivity index (χ4v) is 5.35. The van der Waals surface area contributed by atoms with Crippen LogP contribution in [-0.4, -0.2) is 26.5 Å². The summed E-state index contributed by atoms with van der Waals surface area (Å²) in [6.07, 6.45) is 7.46. The Morgan fingerprint density at radius 1 is 1.14 bits per heavy atom. The van der Waals surface area contributed by atoms with Gasteiger partial charge in [-0.25, -0.2) is 4.98 Å². The van der Waals surface area contributed by atoms with E-state index >= 15 is 0 Å². The number of carboxylic acids is 1. The fourth-order valence-electron chi connectivity index (χ4n) is 5.35. The fraction of sp³-hybridized carbons (Fsp3) is 0.433. The van der Waals surface area contributed by atoms with Crippen molar-refractivity contribution in [3.05, 3.63) is 70.5 Å². The van der Waals surface area contributed by atoms with Gasteiger partial charge < -0.3 is 15.0 Å². The van der Waals surface area contributed by atoms with Crippen LogP contribution in [0.4, 0.5) is 5.69 Å². The number of amides is 1. The number of imidazole rings is 1. The number of fused-ring (bicyclic) bond motifs is 1. The van der Waals surface area contributed by atoms with Gasteiger partial charge in [0.1, 0.15) is 11.5 Å². The second-order valence-electron chi connectivity index (χ2n) is 10.0. The van der Waals surface area contributed by atoms with Gasteiger partial charge in [-0.1, -0.05) is 51.0 Å². The molecule has 0 saturated carbocycles. The first kappa shape index (κ1) is 25.7. The third-order valence-electron chi connectivity index (χ3n) is 7.42. The Hall–Kier alpha value is -3.41. The molecule has 2 aromatic carbocycles. The van der Waals surface area contributed by atoms with Crippen molar-refractivity contribution in [3.8, 4) is 11.4 Å². The van der Waals surface area contributed by atoms with Crippen molar-refractivity contribution in [2.75, 3.05) is 5.32 Å². The topological polar surface area (TPSA) is 84.2 Å². The second kappa shape index (κ2) is 11.1. The molecule has 2 atom stereocenters. The summed E-state index contributed by atoms with van der Waals surface area (Å²) in [7, 11) is 0. The van der Waals surface area contributed by atoms with Gasteiger partial charge in [-0.15, -0.1) is 0 Å². The van der Waals surface area contributed by atoms with Crippen LogP contribution >= 0.6 is 0 Å². The zero-order chi connectivity index (χ0) is 25.8. The molecule has 190 valence electrons. The number of carbonyl (C=O) groups excluding carboxylic acids is 1. The third kappa shape index (κ3) is 5.38. The molecule has 6 heteroatoms. The molecule has 4 rings (SSSR count). The van der Waals surface area contributed by atoms with Crippen LogP contribution in [0.2, 0.25) is 0 Å². The smallest absolute Gasteiger partial charge is 0.307 e. The van der Waals surface area contributed by atoms with E-state index in [9.17, 15) is 14.7 Å². The zero-order valence-electron chi connectivity index (χ0n) is 21.8. The van der Waals surface area contributed by atoms with Crippen LogP contribution in [0.3, 0.4) is 0 Å². The number of nitrogens with one attached hydrogen (secondary N) is 1. The number of carbonyl (C=O) groups is 2. The highest BCUT2D eigenvalue weighted by Crippen LogP contribution is 2.41. The van der Waals surface area contributed by atoms with Crippen molar-refractivity contribution in [3.63, 3.8) is 0 Å². The van der Waals surface area contributed by atoms with Gasteiger partial charge in [0.2, 0.25) is 0 Å². The summed E-state index contributed by atoms with van der Waals surface area (Å²) in [4.78, 5) is 29.7. The molecule has 0 aliphatic heterocycles. The highest BCUT2D eigenvalue weighted by atomic mass is 16.4. The summed E-state index contributed by atoms with van der Waals surface area (Å²) >= 11 is 0. The molecule has 0 bridgehead atoms.